The van der Waals surface area contributed by atoms with E-state index in [1.807, 2.05) is 33.2 Å². The Labute approximate surface area is 230 Å². The molecule has 4 aromatic rings. The molecule has 0 aliphatic heterocycles. The summed E-state index contributed by atoms with van der Waals surface area (Å²) in [6.45, 7) is 9.48. The molecular formula is C31H38N6O2. The second-order valence-corrected chi connectivity index (χ2v) is 11.3. The number of nitrogens with one attached hydrogen (secondary N) is 4. The molecule has 1 fully saturated rings. The van der Waals surface area contributed by atoms with Crippen molar-refractivity contribution in [2.24, 2.45) is 0 Å². The zero-order valence-corrected chi connectivity index (χ0v) is 23.2. The van der Waals surface area contributed by atoms with Gasteiger partial charge in [-0.2, -0.15) is 0 Å². The average Bonchev–Trinajstić information content (AvgIpc) is 3.56. The fourth-order valence-corrected chi connectivity index (χ4v) is 4.83. The molecule has 0 unspecified atom stereocenters. The van der Waals surface area contributed by atoms with Crippen molar-refractivity contribution in [2.45, 2.75) is 71.1 Å². The lowest BCUT2D eigenvalue weighted by molar-refractivity contribution is 0.0366. The normalized spacial score (nSPS) is 14.6. The fourth-order valence-electron chi connectivity index (χ4n) is 4.83. The van der Waals surface area contributed by atoms with E-state index in [1.54, 1.807) is 0 Å². The van der Waals surface area contributed by atoms with Crippen LogP contribution in [0.25, 0.3) is 33.6 Å². The van der Waals surface area contributed by atoms with Crippen molar-refractivity contribution < 1.29 is 9.53 Å². The van der Waals surface area contributed by atoms with Gasteiger partial charge in [-0.05, 0) is 75.3 Å². The molecule has 4 N–H and O–H groups in total. The topological polar surface area (TPSA) is 108 Å². The number of hydrogen-bond donors (Lipinski definition) is 4. The number of carbonyl (C=O) groups excluding carboxylic acids is 1. The van der Waals surface area contributed by atoms with Crippen LogP contribution < -0.4 is 10.6 Å². The van der Waals surface area contributed by atoms with Gasteiger partial charge >= 0.3 is 6.09 Å². The summed E-state index contributed by atoms with van der Waals surface area (Å²) in [5.74, 6) is 1.72. The summed E-state index contributed by atoms with van der Waals surface area (Å²) in [5, 5.41) is 6.43. The minimum atomic E-state index is -0.542. The molecule has 0 spiro atoms. The van der Waals surface area contributed by atoms with Crippen molar-refractivity contribution in [3.05, 3.63) is 72.6 Å². The van der Waals surface area contributed by atoms with E-state index < -0.39 is 17.2 Å². The van der Waals surface area contributed by atoms with Gasteiger partial charge in [0.15, 0.2) is 0 Å². The third-order valence-electron chi connectivity index (χ3n) is 7.05. The highest BCUT2D eigenvalue weighted by atomic mass is 16.6. The first-order chi connectivity index (χ1) is 18.7. The Bertz CT molecular complexity index is 1390. The molecule has 8 heteroatoms. The van der Waals surface area contributed by atoms with Gasteiger partial charge in [-0.25, -0.2) is 14.8 Å². The second kappa shape index (κ2) is 11.1. The molecule has 1 aliphatic rings. The SMILES string of the molecule is CCCNCc1ncc(-c2ccc(-c3ccc(-c4cnc(C5(NC(=O)OC(C)(C)C)CCC5)[nH]4)cc3)cc2)[nH]1. The summed E-state index contributed by atoms with van der Waals surface area (Å²) in [5.41, 5.74) is 5.35. The number of amides is 1. The van der Waals surface area contributed by atoms with Crippen LogP contribution >= 0.6 is 0 Å². The van der Waals surface area contributed by atoms with Crippen molar-refractivity contribution >= 4 is 6.09 Å². The Hall–Kier alpha value is -3.91. The van der Waals surface area contributed by atoms with E-state index in [1.165, 1.54) is 0 Å². The van der Waals surface area contributed by atoms with E-state index in [2.05, 4.69) is 86.0 Å². The lowest BCUT2D eigenvalue weighted by Gasteiger charge is -2.40. The minimum absolute atomic E-state index is 0.410. The summed E-state index contributed by atoms with van der Waals surface area (Å²) in [6.07, 6.45) is 7.14. The van der Waals surface area contributed by atoms with E-state index in [9.17, 15) is 4.79 Å². The summed E-state index contributed by atoms with van der Waals surface area (Å²) >= 11 is 0. The Kier molecular flexibility index (Phi) is 7.57. The van der Waals surface area contributed by atoms with Gasteiger partial charge < -0.3 is 25.3 Å². The molecule has 5 rings (SSSR count). The lowest BCUT2D eigenvalue weighted by Crippen LogP contribution is -2.52. The number of aromatic amines is 2. The number of imidazole rings is 2. The number of benzene rings is 2. The van der Waals surface area contributed by atoms with Gasteiger partial charge in [-0.15, -0.1) is 0 Å². The number of aromatic nitrogens is 4. The third-order valence-corrected chi connectivity index (χ3v) is 7.05. The molecule has 1 aliphatic carbocycles. The number of alkyl carbamates (subject to hydrolysis) is 1. The lowest BCUT2D eigenvalue weighted by atomic mass is 9.76. The van der Waals surface area contributed by atoms with Crippen LogP contribution in [-0.4, -0.2) is 38.2 Å². The standard InChI is InChI=1S/C31H38N6O2/c1-5-17-32-20-27-33-18-25(35-27)23-11-7-21(8-12-23)22-9-13-24(14-10-22)26-19-34-28(36-26)31(15-6-16-31)37-29(38)39-30(2,3)4/h7-14,18-19,32H,5-6,15-17,20H2,1-4H3,(H,33,35)(H,34,36)(H,37,38). The molecule has 8 nitrogen and oxygen atoms in total. The molecular weight excluding hydrogens is 488 g/mol. The van der Waals surface area contributed by atoms with Crippen LogP contribution in [0.5, 0.6) is 0 Å². The van der Waals surface area contributed by atoms with Gasteiger partial charge in [0.2, 0.25) is 0 Å². The Morgan fingerprint density at radius 2 is 1.46 bits per heavy atom. The minimum Gasteiger partial charge on any atom is -0.444 e. The third kappa shape index (κ3) is 6.23. The van der Waals surface area contributed by atoms with Gasteiger partial charge in [0.25, 0.3) is 0 Å². The number of carbonyl (C=O) groups is 1. The molecule has 2 heterocycles. The quantitative estimate of drug-likeness (QED) is 0.185. The molecule has 0 bridgehead atoms. The summed E-state index contributed by atoms with van der Waals surface area (Å²) in [4.78, 5) is 28.4. The smallest absolute Gasteiger partial charge is 0.408 e. The van der Waals surface area contributed by atoms with Crippen LogP contribution in [0, 0.1) is 0 Å². The summed E-state index contributed by atoms with van der Waals surface area (Å²) in [7, 11) is 0. The number of nitrogens with zero attached hydrogens (tertiary/aromatic N) is 2. The van der Waals surface area contributed by atoms with Crippen molar-refractivity contribution in [3.8, 4) is 33.6 Å². The van der Waals surface area contributed by atoms with Gasteiger partial charge in [-0.3, -0.25) is 0 Å². The molecule has 0 saturated heterocycles. The van der Waals surface area contributed by atoms with Crippen LogP contribution in [0.4, 0.5) is 4.79 Å². The maximum absolute atomic E-state index is 12.5. The molecule has 1 saturated carbocycles. The molecule has 0 radical (unpaired) electrons. The predicted molar refractivity (Wildman–Crippen MR) is 154 cm³/mol. The van der Waals surface area contributed by atoms with Gasteiger partial charge in [-0.1, -0.05) is 55.5 Å². The van der Waals surface area contributed by atoms with E-state index in [0.717, 1.165) is 84.1 Å². The summed E-state index contributed by atoms with van der Waals surface area (Å²) < 4.78 is 5.49. The first kappa shape index (κ1) is 26.7. The first-order valence-corrected chi connectivity index (χ1v) is 13.8. The largest absolute Gasteiger partial charge is 0.444 e. The first-order valence-electron chi connectivity index (χ1n) is 13.8. The van der Waals surface area contributed by atoms with Crippen molar-refractivity contribution in [3.63, 3.8) is 0 Å². The molecule has 0 atom stereocenters. The highest BCUT2D eigenvalue weighted by Gasteiger charge is 2.43. The highest BCUT2D eigenvalue weighted by Crippen LogP contribution is 2.40. The number of ether oxygens (including phenoxy) is 1. The second-order valence-electron chi connectivity index (χ2n) is 11.3. The van der Waals surface area contributed by atoms with Crippen molar-refractivity contribution in [1.29, 1.82) is 0 Å². The number of H-pyrrole nitrogens is 2. The monoisotopic (exact) mass is 526 g/mol. The van der Waals surface area contributed by atoms with E-state index in [0.29, 0.717) is 0 Å². The predicted octanol–water partition coefficient (Wildman–Crippen LogP) is 6.54. The van der Waals surface area contributed by atoms with Crippen LogP contribution in [0.1, 0.15) is 65.0 Å². The van der Waals surface area contributed by atoms with Gasteiger partial charge in [0.1, 0.15) is 22.8 Å². The van der Waals surface area contributed by atoms with Crippen LogP contribution in [0.2, 0.25) is 0 Å². The van der Waals surface area contributed by atoms with Gasteiger partial charge in [0, 0.05) is 0 Å². The Morgan fingerprint density at radius 1 is 0.897 bits per heavy atom. The Morgan fingerprint density at radius 3 is 2.00 bits per heavy atom. The zero-order valence-electron chi connectivity index (χ0n) is 23.2. The van der Waals surface area contributed by atoms with Crippen LogP contribution in [0.3, 0.4) is 0 Å². The van der Waals surface area contributed by atoms with E-state index in [-0.39, 0.29) is 0 Å². The molecule has 1 amide bonds. The molecule has 204 valence electrons. The maximum Gasteiger partial charge on any atom is 0.408 e. The maximum atomic E-state index is 12.5. The number of rotatable bonds is 9. The van der Waals surface area contributed by atoms with Crippen LogP contribution in [-0.2, 0) is 16.8 Å². The number of hydrogen-bond acceptors (Lipinski definition) is 5. The fraction of sp³-hybridized carbons (Fsp3) is 0.387. The van der Waals surface area contributed by atoms with E-state index >= 15 is 0 Å². The van der Waals surface area contributed by atoms with Crippen molar-refractivity contribution in [1.82, 2.24) is 30.6 Å². The molecule has 39 heavy (non-hydrogen) atoms. The van der Waals surface area contributed by atoms with Gasteiger partial charge in [0.05, 0.1) is 30.3 Å². The zero-order chi connectivity index (χ0) is 27.5. The highest BCUT2D eigenvalue weighted by molar-refractivity contribution is 5.72. The molecule has 2 aromatic heterocycles. The summed E-state index contributed by atoms with van der Waals surface area (Å²) in [6, 6.07) is 17.0. The molecule has 2 aromatic carbocycles. The Balaban J connectivity index is 1.25. The van der Waals surface area contributed by atoms with Crippen LogP contribution in [0.15, 0.2) is 60.9 Å². The van der Waals surface area contributed by atoms with Crippen molar-refractivity contribution in [2.75, 3.05) is 6.54 Å². The average molecular weight is 527 g/mol. The van der Waals surface area contributed by atoms with E-state index in [4.69, 9.17) is 4.74 Å².